The molecule has 1 aromatic heterocycles. The average molecular weight is 196 g/mol. The van der Waals surface area contributed by atoms with Crippen LogP contribution in [0.15, 0.2) is 5.51 Å². The Morgan fingerprint density at radius 1 is 1.08 bits per heavy atom. The quantitative estimate of drug-likeness (QED) is 0.688. The first-order valence-corrected chi connectivity index (χ1v) is 6.07. The van der Waals surface area contributed by atoms with Crippen LogP contribution in [0.4, 0.5) is 0 Å². The fourth-order valence-electron chi connectivity index (χ4n) is 2.07. The highest BCUT2D eigenvalue weighted by molar-refractivity contribution is 7.03. The molecule has 1 fully saturated rings. The lowest BCUT2D eigenvalue weighted by Gasteiger charge is -2.16. The van der Waals surface area contributed by atoms with Crippen molar-refractivity contribution in [2.45, 2.75) is 50.9 Å². The molecule has 1 aliphatic carbocycles. The molecule has 2 nitrogen and oxygen atoms in total. The number of nitrogens with zero attached hydrogens (tertiary/aromatic N) is 2. The maximum atomic E-state index is 4.34. The molecule has 3 heteroatoms. The monoisotopic (exact) mass is 196 g/mol. The lowest BCUT2D eigenvalue weighted by molar-refractivity contribution is 0.445. The minimum atomic E-state index is 0.659. The molecule has 0 N–H and O–H groups in total. The van der Waals surface area contributed by atoms with Crippen LogP contribution in [0.1, 0.15) is 56.7 Å². The highest BCUT2D eigenvalue weighted by Gasteiger charge is 2.15. The number of aromatic nitrogens is 2. The van der Waals surface area contributed by atoms with E-state index in [1.165, 1.54) is 56.5 Å². The first-order chi connectivity index (χ1) is 6.47. The van der Waals surface area contributed by atoms with Crippen LogP contribution in [0.25, 0.3) is 0 Å². The Hall–Kier alpha value is -0.440. The third kappa shape index (κ3) is 2.50. The summed E-state index contributed by atoms with van der Waals surface area (Å²) in [6.45, 7) is 0. The summed E-state index contributed by atoms with van der Waals surface area (Å²) in [7, 11) is 0. The fraction of sp³-hybridized carbons (Fsp3) is 0.800. The second kappa shape index (κ2) is 4.70. The van der Waals surface area contributed by atoms with Crippen molar-refractivity contribution in [2.24, 2.45) is 0 Å². The Bertz CT molecular complexity index is 225. The molecule has 0 unspecified atom stereocenters. The zero-order valence-electron chi connectivity index (χ0n) is 7.91. The van der Waals surface area contributed by atoms with Gasteiger partial charge >= 0.3 is 0 Å². The summed E-state index contributed by atoms with van der Waals surface area (Å²) in [5, 5.41) is 0. The summed E-state index contributed by atoms with van der Waals surface area (Å²) in [5.74, 6) is 1.76. The van der Waals surface area contributed by atoms with Gasteiger partial charge in [-0.15, -0.1) is 0 Å². The standard InChI is InChI=1S/C10H16N2S/c1-2-4-6-9(7-5-3-1)10-11-8-13-12-10/h8-9H,1-7H2. The minimum absolute atomic E-state index is 0.659. The van der Waals surface area contributed by atoms with Crippen LogP contribution in [-0.4, -0.2) is 9.36 Å². The molecule has 2 rings (SSSR count). The van der Waals surface area contributed by atoms with E-state index in [9.17, 15) is 0 Å². The van der Waals surface area contributed by atoms with Gasteiger partial charge in [-0.05, 0) is 24.4 Å². The van der Waals surface area contributed by atoms with E-state index in [1.807, 2.05) is 5.51 Å². The van der Waals surface area contributed by atoms with Gasteiger partial charge < -0.3 is 0 Å². The number of rotatable bonds is 1. The molecule has 0 aliphatic heterocycles. The van der Waals surface area contributed by atoms with Crippen molar-refractivity contribution in [1.82, 2.24) is 9.36 Å². The summed E-state index contributed by atoms with van der Waals surface area (Å²) in [6, 6.07) is 0. The zero-order chi connectivity index (χ0) is 8.93. The first kappa shape index (κ1) is 9.13. The largest absolute Gasteiger partial charge is 0.228 e. The Kier molecular flexibility index (Phi) is 3.30. The molecule has 0 atom stereocenters. The Labute approximate surface area is 83.6 Å². The van der Waals surface area contributed by atoms with E-state index in [0.717, 1.165) is 5.82 Å². The van der Waals surface area contributed by atoms with E-state index in [2.05, 4.69) is 9.36 Å². The third-order valence-electron chi connectivity index (χ3n) is 2.85. The molecule has 0 amide bonds. The van der Waals surface area contributed by atoms with Crippen LogP contribution in [-0.2, 0) is 0 Å². The number of hydrogen-bond donors (Lipinski definition) is 0. The van der Waals surface area contributed by atoms with Gasteiger partial charge in [0.25, 0.3) is 0 Å². The molecule has 0 aromatic carbocycles. The summed E-state index contributed by atoms with van der Waals surface area (Å²) < 4.78 is 4.34. The van der Waals surface area contributed by atoms with Crippen molar-refractivity contribution in [1.29, 1.82) is 0 Å². The molecule has 0 radical (unpaired) electrons. The highest BCUT2D eigenvalue weighted by Crippen LogP contribution is 2.28. The fourth-order valence-corrected chi connectivity index (χ4v) is 2.58. The highest BCUT2D eigenvalue weighted by atomic mass is 32.1. The van der Waals surface area contributed by atoms with Crippen molar-refractivity contribution in [3.63, 3.8) is 0 Å². The van der Waals surface area contributed by atoms with E-state index >= 15 is 0 Å². The van der Waals surface area contributed by atoms with Gasteiger partial charge in [0.1, 0.15) is 11.3 Å². The predicted molar refractivity (Wildman–Crippen MR) is 55.0 cm³/mol. The van der Waals surface area contributed by atoms with Crippen molar-refractivity contribution < 1.29 is 0 Å². The van der Waals surface area contributed by atoms with Gasteiger partial charge in [-0.3, -0.25) is 0 Å². The summed E-state index contributed by atoms with van der Waals surface area (Å²) in [4.78, 5) is 4.32. The molecule has 0 bridgehead atoms. The summed E-state index contributed by atoms with van der Waals surface area (Å²) in [5.41, 5.74) is 1.86. The number of hydrogen-bond acceptors (Lipinski definition) is 3. The van der Waals surface area contributed by atoms with Crippen molar-refractivity contribution >= 4 is 11.5 Å². The van der Waals surface area contributed by atoms with Crippen LogP contribution >= 0.6 is 11.5 Å². The van der Waals surface area contributed by atoms with E-state index in [0.29, 0.717) is 5.92 Å². The van der Waals surface area contributed by atoms with E-state index in [1.54, 1.807) is 0 Å². The maximum Gasteiger partial charge on any atom is 0.145 e. The van der Waals surface area contributed by atoms with Gasteiger partial charge in [-0.1, -0.05) is 32.1 Å². The summed E-state index contributed by atoms with van der Waals surface area (Å²) in [6.07, 6.45) is 9.57. The predicted octanol–water partition coefficient (Wildman–Crippen LogP) is 3.37. The van der Waals surface area contributed by atoms with Crippen LogP contribution in [0.2, 0.25) is 0 Å². The molecule has 1 aliphatic rings. The van der Waals surface area contributed by atoms with Crippen molar-refractivity contribution in [3.05, 3.63) is 11.3 Å². The van der Waals surface area contributed by atoms with Gasteiger partial charge in [0, 0.05) is 5.92 Å². The van der Waals surface area contributed by atoms with E-state index < -0.39 is 0 Å². The van der Waals surface area contributed by atoms with Gasteiger partial charge in [0.05, 0.1) is 0 Å². The van der Waals surface area contributed by atoms with Crippen LogP contribution in [0.3, 0.4) is 0 Å². The Balaban J connectivity index is 1.96. The van der Waals surface area contributed by atoms with Gasteiger partial charge in [-0.25, -0.2) is 4.98 Å². The van der Waals surface area contributed by atoms with Crippen LogP contribution < -0.4 is 0 Å². The van der Waals surface area contributed by atoms with Gasteiger partial charge in [0.15, 0.2) is 0 Å². The average Bonchev–Trinajstić information content (AvgIpc) is 2.55. The lowest BCUT2D eigenvalue weighted by atomic mass is 9.91. The maximum absolute atomic E-state index is 4.34. The van der Waals surface area contributed by atoms with Crippen molar-refractivity contribution in [3.8, 4) is 0 Å². The third-order valence-corrected chi connectivity index (χ3v) is 3.34. The molecule has 1 aromatic rings. The molecule has 1 heterocycles. The molecular formula is C10H16N2S. The van der Waals surface area contributed by atoms with E-state index in [-0.39, 0.29) is 0 Å². The second-order valence-corrected chi connectivity index (χ2v) is 4.44. The second-order valence-electron chi connectivity index (χ2n) is 3.83. The Morgan fingerprint density at radius 2 is 1.77 bits per heavy atom. The minimum Gasteiger partial charge on any atom is -0.228 e. The Morgan fingerprint density at radius 3 is 2.38 bits per heavy atom. The molecule has 0 saturated heterocycles. The molecular weight excluding hydrogens is 180 g/mol. The normalized spacial score (nSPS) is 20.9. The summed E-state index contributed by atoms with van der Waals surface area (Å²) >= 11 is 1.48. The smallest absolute Gasteiger partial charge is 0.145 e. The molecule has 0 spiro atoms. The SMILES string of the molecule is c1nc(C2CCCCCCC2)ns1. The molecule has 1 saturated carbocycles. The lowest BCUT2D eigenvalue weighted by Crippen LogP contribution is -2.03. The molecule has 72 valence electrons. The zero-order valence-corrected chi connectivity index (χ0v) is 8.72. The van der Waals surface area contributed by atoms with E-state index in [4.69, 9.17) is 0 Å². The van der Waals surface area contributed by atoms with Gasteiger partial charge in [0.2, 0.25) is 0 Å². The van der Waals surface area contributed by atoms with Crippen molar-refractivity contribution in [2.75, 3.05) is 0 Å². The molecule has 13 heavy (non-hydrogen) atoms. The van der Waals surface area contributed by atoms with Gasteiger partial charge in [-0.2, -0.15) is 4.37 Å². The van der Waals surface area contributed by atoms with Crippen LogP contribution in [0.5, 0.6) is 0 Å². The first-order valence-electron chi connectivity index (χ1n) is 5.23. The van der Waals surface area contributed by atoms with Crippen LogP contribution in [0, 0.1) is 0 Å². The topological polar surface area (TPSA) is 25.8 Å².